The Morgan fingerprint density at radius 3 is 2.00 bits per heavy atom. The van der Waals surface area contributed by atoms with Gasteiger partial charge < -0.3 is 4.74 Å². The van der Waals surface area contributed by atoms with Crippen LogP contribution < -0.4 is 4.74 Å². The number of hydrogen-bond acceptors (Lipinski definition) is 1. The normalized spacial score (nSPS) is 18.1. The number of alkyl halides is 1. The molecule has 0 radical (unpaired) electrons. The number of rotatable bonds is 13. The topological polar surface area (TPSA) is 9.23 Å². The Bertz CT molecular complexity index is 1110. The summed E-state index contributed by atoms with van der Waals surface area (Å²) in [7, 11) is 0. The first-order valence-corrected chi connectivity index (χ1v) is 14.8. The molecular formula is C34H43BrO. The van der Waals surface area contributed by atoms with Crippen LogP contribution in [0.4, 0.5) is 0 Å². The van der Waals surface area contributed by atoms with Crippen molar-refractivity contribution in [1.29, 1.82) is 0 Å². The summed E-state index contributed by atoms with van der Waals surface area (Å²) in [5.74, 6) is 3.36. The van der Waals surface area contributed by atoms with Crippen LogP contribution in [0.5, 0.6) is 5.75 Å². The van der Waals surface area contributed by atoms with E-state index in [1.165, 1.54) is 66.3 Å². The minimum Gasteiger partial charge on any atom is -0.494 e. The van der Waals surface area contributed by atoms with Crippen LogP contribution in [0.15, 0.2) is 72.8 Å². The lowest BCUT2D eigenvalue weighted by atomic mass is 9.89. The van der Waals surface area contributed by atoms with Crippen molar-refractivity contribution in [3.63, 3.8) is 0 Å². The van der Waals surface area contributed by atoms with Crippen LogP contribution in [0.3, 0.4) is 0 Å². The Morgan fingerprint density at radius 2 is 1.28 bits per heavy atom. The third kappa shape index (κ3) is 6.25. The highest BCUT2D eigenvalue weighted by molar-refractivity contribution is 9.10. The molecule has 0 heterocycles. The van der Waals surface area contributed by atoms with Crippen molar-refractivity contribution >= 4 is 15.9 Å². The molecule has 0 saturated heterocycles. The molecule has 1 aliphatic carbocycles. The molecule has 0 aliphatic heterocycles. The second-order valence-electron chi connectivity index (χ2n) is 11.4. The first-order chi connectivity index (χ1) is 17.4. The summed E-state index contributed by atoms with van der Waals surface area (Å²) in [6.45, 7) is 10.2. The van der Waals surface area contributed by atoms with Gasteiger partial charge in [-0.3, -0.25) is 0 Å². The second-order valence-corrected chi connectivity index (χ2v) is 12.6. The van der Waals surface area contributed by atoms with Crippen molar-refractivity contribution in [2.24, 2.45) is 17.8 Å². The smallest absolute Gasteiger partial charge is 0.119 e. The van der Waals surface area contributed by atoms with Crippen LogP contribution in [0.2, 0.25) is 0 Å². The van der Waals surface area contributed by atoms with E-state index in [0.29, 0.717) is 5.92 Å². The Balaban J connectivity index is 1.33. The molecule has 4 rings (SSSR count). The van der Waals surface area contributed by atoms with Crippen molar-refractivity contribution in [3.05, 3.63) is 89.5 Å². The van der Waals surface area contributed by atoms with Gasteiger partial charge in [0.1, 0.15) is 10.1 Å². The summed E-state index contributed by atoms with van der Waals surface area (Å²) in [5.41, 5.74) is 6.41. The summed E-state index contributed by atoms with van der Waals surface area (Å²) >= 11 is 4.18. The molecule has 0 N–H and O–H groups in total. The molecule has 2 heteroatoms. The number of ether oxygens (including phenoxy) is 1. The zero-order valence-corrected chi connectivity index (χ0v) is 24.2. The van der Waals surface area contributed by atoms with Crippen molar-refractivity contribution < 1.29 is 4.74 Å². The first-order valence-electron chi connectivity index (χ1n) is 14.0. The lowest BCUT2D eigenvalue weighted by molar-refractivity contribution is 0.274. The van der Waals surface area contributed by atoms with Crippen molar-refractivity contribution in [2.75, 3.05) is 6.61 Å². The van der Waals surface area contributed by atoms with Crippen molar-refractivity contribution in [1.82, 2.24) is 0 Å². The summed E-state index contributed by atoms with van der Waals surface area (Å²) < 4.78 is 5.96. The van der Waals surface area contributed by atoms with E-state index in [2.05, 4.69) is 116 Å². The van der Waals surface area contributed by atoms with Crippen LogP contribution in [-0.2, 0) is 4.32 Å². The molecule has 36 heavy (non-hydrogen) atoms. The Hall–Kier alpha value is -2.06. The largest absolute Gasteiger partial charge is 0.494 e. The van der Waals surface area contributed by atoms with E-state index in [0.717, 1.165) is 30.6 Å². The maximum Gasteiger partial charge on any atom is 0.119 e. The van der Waals surface area contributed by atoms with Gasteiger partial charge in [-0.15, -0.1) is 0 Å². The van der Waals surface area contributed by atoms with Gasteiger partial charge in [0.05, 0.1) is 6.61 Å². The molecule has 3 aromatic rings. The van der Waals surface area contributed by atoms with Gasteiger partial charge in [-0.05, 0) is 64.1 Å². The Morgan fingerprint density at radius 1 is 0.667 bits per heavy atom. The average molecular weight is 548 g/mol. The molecule has 0 saturated carbocycles. The van der Waals surface area contributed by atoms with Crippen LogP contribution >= 0.6 is 15.9 Å². The van der Waals surface area contributed by atoms with Crippen molar-refractivity contribution in [3.8, 4) is 16.9 Å². The van der Waals surface area contributed by atoms with E-state index in [9.17, 15) is 0 Å². The predicted molar refractivity (Wildman–Crippen MR) is 158 cm³/mol. The van der Waals surface area contributed by atoms with Crippen molar-refractivity contribution in [2.45, 2.75) is 77.0 Å². The van der Waals surface area contributed by atoms with Gasteiger partial charge in [0.15, 0.2) is 0 Å². The zero-order valence-electron chi connectivity index (χ0n) is 22.6. The standard InChI is InChI=1S/C34H43BrO/c1-25(2)12-10-13-26(3)14-11-15-27(4)22-23-36-29-20-21-31-30-18-8-9-19-32(30)34(35,33(31)24-29)28-16-6-5-7-17-28/h5-9,16-21,24-27H,10-15,22-23H2,1-4H3. The van der Waals surface area contributed by atoms with E-state index in [1.807, 2.05) is 0 Å². The SMILES string of the molecule is CC(C)CCCC(C)CCCC(C)CCOc1ccc2c(c1)C(Br)(c1ccccc1)c1ccccc1-2. The summed E-state index contributed by atoms with van der Waals surface area (Å²) in [4.78, 5) is 0. The highest BCUT2D eigenvalue weighted by Gasteiger charge is 2.42. The third-order valence-corrected chi connectivity index (χ3v) is 9.19. The minimum absolute atomic E-state index is 0.349. The van der Waals surface area contributed by atoms with Gasteiger partial charge in [0.25, 0.3) is 0 Å². The molecule has 0 spiro atoms. The average Bonchev–Trinajstić information content (AvgIpc) is 3.13. The molecular weight excluding hydrogens is 504 g/mol. The highest BCUT2D eigenvalue weighted by Crippen LogP contribution is 2.56. The molecule has 1 aliphatic rings. The van der Waals surface area contributed by atoms with E-state index in [1.54, 1.807) is 0 Å². The summed E-state index contributed by atoms with van der Waals surface area (Å²) in [6, 6.07) is 26.1. The zero-order chi connectivity index (χ0) is 25.5. The quantitative estimate of drug-likeness (QED) is 0.193. The lowest BCUT2D eigenvalue weighted by Crippen LogP contribution is -2.18. The van der Waals surface area contributed by atoms with E-state index < -0.39 is 0 Å². The number of fused-ring (bicyclic) bond motifs is 3. The lowest BCUT2D eigenvalue weighted by Gasteiger charge is -2.26. The highest BCUT2D eigenvalue weighted by atomic mass is 79.9. The predicted octanol–water partition coefficient (Wildman–Crippen LogP) is 10.4. The molecule has 0 aromatic heterocycles. The van der Waals surface area contributed by atoms with Crippen LogP contribution in [-0.4, -0.2) is 6.61 Å². The molecule has 3 atom stereocenters. The van der Waals surface area contributed by atoms with Gasteiger partial charge in [0, 0.05) is 0 Å². The monoisotopic (exact) mass is 546 g/mol. The van der Waals surface area contributed by atoms with Crippen LogP contribution in [0.25, 0.3) is 11.1 Å². The molecule has 0 bridgehead atoms. The maximum absolute atomic E-state index is 6.31. The molecule has 1 nitrogen and oxygen atoms in total. The fraction of sp³-hybridized carbons (Fsp3) is 0.471. The second kappa shape index (κ2) is 12.5. The number of benzene rings is 3. The Labute approximate surface area is 227 Å². The molecule has 192 valence electrons. The molecule has 3 aromatic carbocycles. The fourth-order valence-corrected chi connectivity index (χ4v) is 6.57. The van der Waals surface area contributed by atoms with Crippen LogP contribution in [0.1, 0.15) is 89.3 Å². The van der Waals surface area contributed by atoms with E-state index in [4.69, 9.17) is 4.74 Å². The summed E-state index contributed by atoms with van der Waals surface area (Å²) in [6.07, 6.45) is 9.25. The van der Waals surface area contributed by atoms with Crippen LogP contribution in [0, 0.1) is 17.8 Å². The molecule has 0 fully saturated rings. The van der Waals surface area contributed by atoms with E-state index >= 15 is 0 Å². The first kappa shape index (κ1) is 27.0. The molecule has 0 amide bonds. The maximum atomic E-state index is 6.31. The minimum atomic E-state index is -0.349. The van der Waals surface area contributed by atoms with Gasteiger partial charge >= 0.3 is 0 Å². The van der Waals surface area contributed by atoms with Gasteiger partial charge in [-0.1, -0.05) is 143 Å². The third-order valence-electron chi connectivity index (χ3n) is 7.87. The summed E-state index contributed by atoms with van der Waals surface area (Å²) in [5, 5.41) is 0. The van der Waals surface area contributed by atoms with Gasteiger partial charge in [-0.2, -0.15) is 0 Å². The molecule has 3 unspecified atom stereocenters. The number of halogens is 1. The number of hydrogen-bond donors (Lipinski definition) is 0. The Kier molecular flexibility index (Phi) is 9.34. The van der Waals surface area contributed by atoms with Gasteiger partial charge in [0.2, 0.25) is 0 Å². The van der Waals surface area contributed by atoms with E-state index in [-0.39, 0.29) is 4.32 Å². The van der Waals surface area contributed by atoms with Gasteiger partial charge in [-0.25, -0.2) is 0 Å². The fourth-order valence-electron chi connectivity index (χ4n) is 5.63.